The summed E-state index contributed by atoms with van der Waals surface area (Å²) in [7, 11) is 1.50. The number of anilines is 1. The molecular formula is C27H22FNO5. The molecule has 2 aliphatic rings. The molecule has 0 radical (unpaired) electrons. The van der Waals surface area contributed by atoms with Gasteiger partial charge in [0.1, 0.15) is 23.1 Å². The molecule has 2 aliphatic heterocycles. The van der Waals surface area contributed by atoms with Gasteiger partial charge in [0.2, 0.25) is 0 Å². The number of ether oxygens (including phenoxy) is 2. The number of fused-ring (bicyclic) bond motifs is 1. The molecule has 2 heterocycles. The Morgan fingerprint density at radius 1 is 1.09 bits per heavy atom. The minimum absolute atomic E-state index is 0.0592. The van der Waals surface area contributed by atoms with Crippen molar-refractivity contribution in [2.75, 3.05) is 18.6 Å². The second-order valence-corrected chi connectivity index (χ2v) is 8.20. The standard InChI is InChI=1S/C27H22FNO5/c1-33-21-6-2-5-20(15-21)29-24(16-7-10-19(28)11-8-16)23(26(31)27(29)32)25(30)18-9-12-22-17(14-18)4-3-13-34-22/h2,5-12,14-15,24,30H,3-4,13H2,1H3/b25-23-. The highest BCUT2D eigenvalue weighted by Crippen LogP contribution is 2.43. The van der Waals surface area contributed by atoms with E-state index in [1.54, 1.807) is 42.5 Å². The number of methoxy groups -OCH3 is 1. The van der Waals surface area contributed by atoms with Gasteiger partial charge in [0.25, 0.3) is 11.7 Å². The Hall–Kier alpha value is -4.13. The second kappa shape index (κ2) is 8.67. The first-order valence-corrected chi connectivity index (χ1v) is 10.9. The second-order valence-electron chi connectivity index (χ2n) is 8.20. The van der Waals surface area contributed by atoms with Crippen LogP contribution in [0.4, 0.5) is 10.1 Å². The van der Waals surface area contributed by atoms with Crippen LogP contribution in [0.2, 0.25) is 0 Å². The summed E-state index contributed by atoms with van der Waals surface area (Å²) < 4.78 is 24.6. The van der Waals surface area contributed by atoms with Crippen molar-refractivity contribution >= 4 is 23.1 Å². The number of hydrogen-bond acceptors (Lipinski definition) is 5. The summed E-state index contributed by atoms with van der Waals surface area (Å²) in [6, 6.07) is 16.5. The molecule has 0 bridgehead atoms. The number of nitrogens with zero attached hydrogens (tertiary/aromatic N) is 1. The van der Waals surface area contributed by atoms with E-state index in [0.29, 0.717) is 29.2 Å². The first kappa shape index (κ1) is 21.7. The van der Waals surface area contributed by atoms with Crippen molar-refractivity contribution in [3.8, 4) is 11.5 Å². The van der Waals surface area contributed by atoms with Crippen molar-refractivity contribution in [2.24, 2.45) is 0 Å². The average Bonchev–Trinajstić information content (AvgIpc) is 3.14. The summed E-state index contributed by atoms with van der Waals surface area (Å²) in [4.78, 5) is 27.8. The maximum atomic E-state index is 13.7. The lowest BCUT2D eigenvalue weighted by Crippen LogP contribution is -2.29. The summed E-state index contributed by atoms with van der Waals surface area (Å²) >= 11 is 0. The number of aryl methyl sites for hydroxylation is 1. The quantitative estimate of drug-likeness (QED) is 0.345. The van der Waals surface area contributed by atoms with Crippen LogP contribution in [0.15, 0.2) is 72.3 Å². The highest BCUT2D eigenvalue weighted by molar-refractivity contribution is 6.51. The highest BCUT2D eigenvalue weighted by atomic mass is 19.1. The van der Waals surface area contributed by atoms with Crippen molar-refractivity contribution in [3.05, 3.63) is 94.8 Å². The Balaban J connectivity index is 1.69. The van der Waals surface area contributed by atoms with Crippen LogP contribution >= 0.6 is 0 Å². The predicted molar refractivity (Wildman–Crippen MR) is 124 cm³/mol. The summed E-state index contributed by atoms with van der Waals surface area (Å²) in [6.45, 7) is 0.633. The van der Waals surface area contributed by atoms with Crippen LogP contribution in [0.1, 0.15) is 29.2 Å². The van der Waals surface area contributed by atoms with Crippen LogP contribution in [0.5, 0.6) is 11.5 Å². The fourth-order valence-corrected chi connectivity index (χ4v) is 4.48. The molecule has 1 N–H and O–H groups in total. The molecule has 1 atom stereocenters. The molecule has 3 aromatic carbocycles. The summed E-state index contributed by atoms with van der Waals surface area (Å²) in [6.07, 6.45) is 1.64. The fraction of sp³-hybridized carbons (Fsp3) is 0.185. The molecule has 1 amide bonds. The first-order chi connectivity index (χ1) is 16.5. The van der Waals surface area contributed by atoms with Crippen molar-refractivity contribution < 1.29 is 28.6 Å². The Morgan fingerprint density at radius 3 is 2.65 bits per heavy atom. The number of carbonyl (C=O) groups excluding carboxylic acids is 2. The molecule has 1 fully saturated rings. The van der Waals surface area contributed by atoms with E-state index in [1.165, 1.54) is 36.3 Å². The monoisotopic (exact) mass is 459 g/mol. The fourth-order valence-electron chi connectivity index (χ4n) is 4.48. The van der Waals surface area contributed by atoms with Gasteiger partial charge in [-0.1, -0.05) is 18.2 Å². The summed E-state index contributed by atoms with van der Waals surface area (Å²) in [5.41, 5.74) is 2.20. The van der Waals surface area contributed by atoms with Crippen LogP contribution in [-0.4, -0.2) is 30.5 Å². The van der Waals surface area contributed by atoms with E-state index in [0.717, 1.165) is 24.2 Å². The molecule has 3 aromatic rings. The Labute approximate surface area is 195 Å². The van der Waals surface area contributed by atoms with Crippen LogP contribution in [-0.2, 0) is 16.0 Å². The SMILES string of the molecule is COc1cccc(N2C(=O)C(=O)/C(=C(\O)c3ccc4c(c3)CCCO4)C2c2ccc(F)cc2)c1. The highest BCUT2D eigenvalue weighted by Gasteiger charge is 2.47. The van der Waals surface area contributed by atoms with Gasteiger partial charge in [0, 0.05) is 17.3 Å². The Morgan fingerprint density at radius 2 is 1.88 bits per heavy atom. The van der Waals surface area contributed by atoms with Gasteiger partial charge < -0.3 is 14.6 Å². The number of hydrogen-bond donors (Lipinski definition) is 1. The number of aliphatic hydroxyl groups is 1. The number of amides is 1. The normalized spacial score (nSPS) is 19.0. The molecule has 7 heteroatoms. The Kier molecular flexibility index (Phi) is 5.53. The van der Waals surface area contributed by atoms with Gasteiger partial charge in [0.05, 0.1) is 25.3 Å². The maximum Gasteiger partial charge on any atom is 0.300 e. The lowest BCUT2D eigenvalue weighted by Gasteiger charge is -2.26. The molecule has 0 spiro atoms. The molecule has 0 aromatic heterocycles. The topological polar surface area (TPSA) is 76.1 Å². The molecule has 34 heavy (non-hydrogen) atoms. The van der Waals surface area contributed by atoms with E-state index < -0.39 is 23.5 Å². The van der Waals surface area contributed by atoms with E-state index in [4.69, 9.17) is 9.47 Å². The lowest BCUT2D eigenvalue weighted by atomic mass is 9.94. The Bertz CT molecular complexity index is 1310. The van der Waals surface area contributed by atoms with Gasteiger partial charge in [-0.15, -0.1) is 0 Å². The van der Waals surface area contributed by atoms with Crippen molar-refractivity contribution in [1.29, 1.82) is 0 Å². The van der Waals surface area contributed by atoms with Gasteiger partial charge in [-0.05, 0) is 66.4 Å². The summed E-state index contributed by atoms with van der Waals surface area (Å²) in [5.74, 6) is -1.08. The van der Waals surface area contributed by atoms with Gasteiger partial charge >= 0.3 is 0 Å². The third kappa shape index (κ3) is 3.69. The van der Waals surface area contributed by atoms with E-state index in [2.05, 4.69) is 0 Å². The number of Topliss-reactive ketones (excluding diaryl/α,β-unsaturated/α-hetero) is 1. The minimum atomic E-state index is -0.944. The van der Waals surface area contributed by atoms with Crippen LogP contribution in [0.3, 0.4) is 0 Å². The molecule has 5 rings (SSSR count). The van der Waals surface area contributed by atoms with E-state index in [1.807, 2.05) is 0 Å². The molecule has 1 unspecified atom stereocenters. The number of aliphatic hydroxyl groups excluding tert-OH is 1. The van der Waals surface area contributed by atoms with Gasteiger partial charge in [0.15, 0.2) is 0 Å². The molecule has 172 valence electrons. The van der Waals surface area contributed by atoms with Crippen molar-refractivity contribution in [1.82, 2.24) is 0 Å². The first-order valence-electron chi connectivity index (χ1n) is 10.9. The van der Waals surface area contributed by atoms with E-state index >= 15 is 0 Å². The third-order valence-corrected chi connectivity index (χ3v) is 6.14. The van der Waals surface area contributed by atoms with Crippen molar-refractivity contribution in [3.63, 3.8) is 0 Å². The van der Waals surface area contributed by atoms with Crippen LogP contribution in [0.25, 0.3) is 5.76 Å². The van der Waals surface area contributed by atoms with Crippen LogP contribution in [0, 0.1) is 5.82 Å². The number of rotatable bonds is 4. The lowest BCUT2D eigenvalue weighted by molar-refractivity contribution is -0.132. The minimum Gasteiger partial charge on any atom is -0.507 e. The predicted octanol–water partition coefficient (Wildman–Crippen LogP) is 4.79. The van der Waals surface area contributed by atoms with E-state index in [9.17, 15) is 19.1 Å². The largest absolute Gasteiger partial charge is 0.507 e. The third-order valence-electron chi connectivity index (χ3n) is 6.14. The number of ketones is 1. The van der Waals surface area contributed by atoms with Gasteiger partial charge in [-0.25, -0.2) is 4.39 Å². The van der Waals surface area contributed by atoms with Gasteiger partial charge in [-0.2, -0.15) is 0 Å². The number of halogens is 1. The molecular weight excluding hydrogens is 437 g/mol. The number of benzene rings is 3. The number of carbonyl (C=O) groups is 2. The average molecular weight is 459 g/mol. The molecule has 0 aliphatic carbocycles. The zero-order valence-corrected chi connectivity index (χ0v) is 18.5. The van der Waals surface area contributed by atoms with Gasteiger partial charge in [-0.3, -0.25) is 14.5 Å². The van der Waals surface area contributed by atoms with Crippen molar-refractivity contribution in [2.45, 2.75) is 18.9 Å². The van der Waals surface area contributed by atoms with Crippen LogP contribution < -0.4 is 14.4 Å². The zero-order valence-electron chi connectivity index (χ0n) is 18.5. The maximum absolute atomic E-state index is 13.7. The van der Waals surface area contributed by atoms with E-state index in [-0.39, 0.29) is 11.3 Å². The smallest absolute Gasteiger partial charge is 0.300 e. The molecule has 0 saturated carbocycles. The molecule has 6 nitrogen and oxygen atoms in total. The summed E-state index contributed by atoms with van der Waals surface area (Å²) in [5, 5.41) is 11.3. The molecule has 1 saturated heterocycles. The zero-order chi connectivity index (χ0) is 23.8.